The van der Waals surface area contributed by atoms with Gasteiger partial charge in [-0.25, -0.2) is 4.79 Å². The smallest absolute Gasteiger partial charge is 0.329 e. The number of amides is 5. The molecule has 0 spiro atoms. The second-order valence-electron chi connectivity index (χ2n) is 12.1. The number of benzene rings is 2. The Balaban J connectivity index is 1.50. The van der Waals surface area contributed by atoms with Crippen molar-refractivity contribution in [2.45, 2.75) is 82.8 Å². The number of cyclic esters (lactones) is 1. The minimum absolute atomic E-state index is 0.0601. The zero-order valence-electron chi connectivity index (χ0n) is 26.6. The van der Waals surface area contributed by atoms with Crippen LogP contribution in [0.25, 0.3) is 10.9 Å². The number of hydrogen-bond acceptors (Lipinski definition) is 7. The number of hydrogen-bond donors (Lipinski definition) is 5. The predicted molar refractivity (Wildman–Crippen MR) is 172 cm³/mol. The van der Waals surface area contributed by atoms with Gasteiger partial charge in [-0.15, -0.1) is 0 Å². The monoisotopic (exact) mass is 644 g/mol. The van der Waals surface area contributed by atoms with Crippen LogP contribution in [0.1, 0.15) is 44.7 Å². The van der Waals surface area contributed by atoms with Crippen LogP contribution >= 0.6 is 0 Å². The molecule has 5 amide bonds. The van der Waals surface area contributed by atoms with Crippen LogP contribution in [0.15, 0.2) is 60.8 Å². The predicted octanol–water partition coefficient (Wildman–Crippen LogP) is 0.868. The van der Waals surface area contributed by atoms with Crippen molar-refractivity contribution < 1.29 is 33.5 Å². The number of rotatable bonds is 5. The van der Waals surface area contributed by atoms with E-state index in [-0.39, 0.29) is 12.8 Å². The molecule has 2 saturated heterocycles. The molecule has 1 aromatic heterocycles. The Morgan fingerprint density at radius 3 is 2.32 bits per heavy atom. The molecule has 0 radical (unpaired) electrons. The summed E-state index contributed by atoms with van der Waals surface area (Å²) in [5, 5.41) is 11.6. The standard InChI is InChI=1S/C34H40N6O7/c1-19-33(45)40-15-9-14-28(40)31(43)39-27(17-23-18-35-25-13-8-7-12-24(23)25)34(46)47-20(2)29(37-21(3)41)32(44)38-26(30(42)36-19)16-22-10-5-4-6-11-22/h4-8,10-13,18-20,26-29,35H,9,14-17H2,1-3H3,(H,36,42)(H,37,41)(H,38,44)(H,39,43). The fraction of sp³-hybridized carbons (Fsp3) is 0.412. The zero-order chi connectivity index (χ0) is 33.7. The first-order valence-electron chi connectivity index (χ1n) is 15.8. The normalized spacial score (nSPS) is 26.2. The molecule has 0 aliphatic carbocycles. The van der Waals surface area contributed by atoms with Crippen LogP contribution in [0.2, 0.25) is 0 Å². The van der Waals surface area contributed by atoms with E-state index in [1.807, 2.05) is 30.3 Å². The average Bonchev–Trinajstić information content (AvgIpc) is 3.70. The first kappa shape index (κ1) is 33.2. The number of esters is 1. The Hall–Kier alpha value is -5.20. The summed E-state index contributed by atoms with van der Waals surface area (Å²) >= 11 is 0. The quantitative estimate of drug-likeness (QED) is 0.256. The lowest BCUT2D eigenvalue weighted by molar-refractivity contribution is -0.156. The summed E-state index contributed by atoms with van der Waals surface area (Å²) in [5.74, 6) is -3.77. The SMILES string of the molecule is CC(=O)NC1C(=O)NC(Cc2ccccc2)C(=O)NC(C)C(=O)N2CCCC2C(=O)NC(Cc2c[nH]c3ccccc23)C(=O)OC1C. The average molecular weight is 645 g/mol. The van der Waals surface area contributed by atoms with Crippen molar-refractivity contribution in [2.24, 2.45) is 0 Å². The van der Waals surface area contributed by atoms with Gasteiger partial charge in [-0.3, -0.25) is 24.0 Å². The fourth-order valence-corrected chi connectivity index (χ4v) is 6.18. The zero-order valence-corrected chi connectivity index (χ0v) is 26.6. The number of para-hydroxylation sites is 1. The van der Waals surface area contributed by atoms with Crippen LogP contribution in [-0.2, 0) is 46.3 Å². The van der Waals surface area contributed by atoms with Gasteiger partial charge in [0.1, 0.15) is 36.3 Å². The van der Waals surface area contributed by atoms with Gasteiger partial charge in [-0.2, -0.15) is 0 Å². The molecular weight excluding hydrogens is 604 g/mol. The number of nitrogens with zero attached hydrogens (tertiary/aromatic N) is 1. The van der Waals surface area contributed by atoms with Gasteiger partial charge in [0.2, 0.25) is 29.5 Å². The number of aromatic amines is 1. The Morgan fingerprint density at radius 2 is 1.57 bits per heavy atom. The van der Waals surface area contributed by atoms with E-state index < -0.39 is 71.8 Å². The van der Waals surface area contributed by atoms with Gasteiger partial charge in [-0.1, -0.05) is 48.5 Å². The Morgan fingerprint density at radius 1 is 0.872 bits per heavy atom. The molecule has 6 atom stereocenters. The highest BCUT2D eigenvalue weighted by Gasteiger charge is 2.40. The van der Waals surface area contributed by atoms with Crippen molar-refractivity contribution in [3.05, 3.63) is 71.9 Å². The Labute approximate surface area is 272 Å². The van der Waals surface area contributed by atoms with E-state index in [1.54, 1.807) is 30.5 Å². The van der Waals surface area contributed by atoms with Gasteiger partial charge in [0.25, 0.3) is 0 Å². The number of H-pyrrole nitrogens is 1. The molecule has 2 fully saturated rings. The second kappa shape index (κ2) is 14.5. The Kier molecular flexibility index (Phi) is 10.2. The number of ether oxygens (including phenoxy) is 1. The summed E-state index contributed by atoms with van der Waals surface area (Å²) in [6.07, 6.45) is 1.64. The highest BCUT2D eigenvalue weighted by atomic mass is 16.5. The van der Waals surface area contributed by atoms with Gasteiger partial charge >= 0.3 is 5.97 Å². The van der Waals surface area contributed by atoms with Crippen molar-refractivity contribution in [3.63, 3.8) is 0 Å². The van der Waals surface area contributed by atoms with Crippen LogP contribution < -0.4 is 21.3 Å². The number of carbonyl (C=O) groups is 6. The van der Waals surface area contributed by atoms with Gasteiger partial charge < -0.3 is 35.9 Å². The van der Waals surface area contributed by atoms with Crippen LogP contribution in [0, 0.1) is 0 Å². The maximum Gasteiger partial charge on any atom is 0.329 e. The molecule has 2 aliphatic heterocycles. The van der Waals surface area contributed by atoms with E-state index in [1.165, 1.54) is 25.7 Å². The maximum atomic E-state index is 13.8. The molecule has 13 nitrogen and oxygen atoms in total. The molecule has 47 heavy (non-hydrogen) atoms. The largest absolute Gasteiger partial charge is 0.458 e. The second-order valence-corrected chi connectivity index (χ2v) is 12.1. The molecule has 5 rings (SSSR count). The van der Waals surface area contributed by atoms with Crippen molar-refractivity contribution in [2.75, 3.05) is 6.54 Å². The molecule has 248 valence electrons. The van der Waals surface area contributed by atoms with E-state index in [0.717, 1.165) is 22.0 Å². The molecule has 3 aromatic rings. The van der Waals surface area contributed by atoms with E-state index >= 15 is 0 Å². The summed E-state index contributed by atoms with van der Waals surface area (Å²) in [7, 11) is 0. The molecule has 5 N–H and O–H groups in total. The lowest BCUT2D eigenvalue weighted by atomic mass is 10.0. The number of nitrogens with one attached hydrogen (secondary N) is 5. The van der Waals surface area contributed by atoms with Crippen molar-refractivity contribution >= 4 is 46.4 Å². The first-order chi connectivity index (χ1) is 22.5. The van der Waals surface area contributed by atoms with E-state index in [4.69, 9.17) is 4.74 Å². The molecule has 3 heterocycles. The fourth-order valence-electron chi connectivity index (χ4n) is 6.18. The molecule has 0 saturated carbocycles. The third-order valence-corrected chi connectivity index (χ3v) is 8.60. The summed E-state index contributed by atoms with van der Waals surface area (Å²) in [6.45, 7) is 4.50. The van der Waals surface area contributed by atoms with Crippen LogP contribution in [0.4, 0.5) is 0 Å². The third kappa shape index (κ3) is 7.79. The number of aromatic nitrogens is 1. The molecule has 6 unspecified atom stereocenters. The highest BCUT2D eigenvalue weighted by molar-refractivity contribution is 5.97. The molecule has 0 bridgehead atoms. The topological polar surface area (TPSA) is 179 Å². The molecule has 2 aromatic carbocycles. The van der Waals surface area contributed by atoms with E-state index in [2.05, 4.69) is 26.3 Å². The molecular formula is C34H40N6O7. The van der Waals surface area contributed by atoms with Crippen molar-refractivity contribution in [1.29, 1.82) is 0 Å². The summed E-state index contributed by atoms with van der Waals surface area (Å²) in [4.78, 5) is 85.2. The van der Waals surface area contributed by atoms with Gasteiger partial charge in [0, 0.05) is 43.4 Å². The summed E-state index contributed by atoms with van der Waals surface area (Å²) < 4.78 is 5.77. The highest BCUT2D eigenvalue weighted by Crippen LogP contribution is 2.22. The first-order valence-corrected chi connectivity index (χ1v) is 15.8. The number of fused-ring (bicyclic) bond motifs is 2. The molecule has 13 heteroatoms. The van der Waals surface area contributed by atoms with E-state index in [9.17, 15) is 28.8 Å². The maximum absolute atomic E-state index is 13.8. The Bertz CT molecular complexity index is 1660. The number of carbonyl (C=O) groups excluding carboxylic acids is 6. The summed E-state index contributed by atoms with van der Waals surface area (Å²) in [5.41, 5.74) is 2.34. The third-order valence-electron chi connectivity index (χ3n) is 8.60. The van der Waals surface area contributed by atoms with Gasteiger partial charge in [0.15, 0.2) is 0 Å². The summed E-state index contributed by atoms with van der Waals surface area (Å²) in [6, 6.07) is 10.9. The van der Waals surface area contributed by atoms with Crippen molar-refractivity contribution in [3.8, 4) is 0 Å². The van der Waals surface area contributed by atoms with Gasteiger partial charge in [0.05, 0.1) is 0 Å². The van der Waals surface area contributed by atoms with Crippen LogP contribution in [0.3, 0.4) is 0 Å². The minimum Gasteiger partial charge on any atom is -0.458 e. The molecule has 2 aliphatic rings. The van der Waals surface area contributed by atoms with Crippen LogP contribution in [0.5, 0.6) is 0 Å². The van der Waals surface area contributed by atoms with Gasteiger partial charge in [-0.05, 0) is 43.9 Å². The van der Waals surface area contributed by atoms with E-state index in [0.29, 0.717) is 19.4 Å². The van der Waals surface area contributed by atoms with Crippen LogP contribution in [-0.4, -0.2) is 88.2 Å². The lowest BCUT2D eigenvalue weighted by Gasteiger charge is -2.31. The lowest BCUT2D eigenvalue weighted by Crippen LogP contribution is -2.61. The van der Waals surface area contributed by atoms with Crippen molar-refractivity contribution in [1.82, 2.24) is 31.2 Å². The minimum atomic E-state index is -1.37.